The van der Waals surface area contributed by atoms with E-state index in [-0.39, 0.29) is 5.92 Å². The van der Waals surface area contributed by atoms with Gasteiger partial charge in [0.2, 0.25) is 0 Å². The summed E-state index contributed by atoms with van der Waals surface area (Å²) < 4.78 is 37.5. The van der Waals surface area contributed by atoms with Crippen LogP contribution in [0.15, 0.2) is 24.3 Å². The third-order valence-electron chi connectivity index (χ3n) is 3.72. The number of nitrogens with one attached hydrogen (secondary N) is 1. The maximum Gasteiger partial charge on any atom is 0.416 e. The first-order valence-corrected chi connectivity index (χ1v) is 6.75. The molecule has 0 aromatic heterocycles. The standard InChI is InChI=1S/C14H17F3N2O2/c15-14(16,17)11-1-3-12(4-2-11)19-7-5-10(6-8-19)9-18-13(20)21/h1-4,10,18H,5-9H2,(H,20,21). The van der Waals surface area contributed by atoms with Crippen molar-refractivity contribution in [3.05, 3.63) is 29.8 Å². The third-order valence-corrected chi connectivity index (χ3v) is 3.72. The molecule has 0 saturated carbocycles. The number of hydrogen-bond donors (Lipinski definition) is 2. The highest BCUT2D eigenvalue weighted by atomic mass is 19.4. The Hall–Kier alpha value is -1.92. The Balaban J connectivity index is 1.89. The van der Waals surface area contributed by atoms with E-state index < -0.39 is 17.8 Å². The first-order chi connectivity index (χ1) is 9.86. The number of halogens is 3. The van der Waals surface area contributed by atoms with Crippen LogP contribution in [0.25, 0.3) is 0 Å². The molecule has 1 fully saturated rings. The Kier molecular flexibility index (Phi) is 4.59. The third kappa shape index (κ3) is 4.27. The summed E-state index contributed by atoms with van der Waals surface area (Å²) in [5, 5.41) is 10.9. The summed E-state index contributed by atoms with van der Waals surface area (Å²) in [5.41, 5.74) is 0.124. The fourth-order valence-electron chi connectivity index (χ4n) is 2.49. The highest BCUT2D eigenvalue weighted by Gasteiger charge is 2.30. The lowest BCUT2D eigenvalue weighted by atomic mass is 9.96. The number of carboxylic acid groups (broad SMARTS) is 1. The highest BCUT2D eigenvalue weighted by molar-refractivity contribution is 5.64. The topological polar surface area (TPSA) is 52.6 Å². The van der Waals surface area contributed by atoms with Gasteiger partial charge in [0, 0.05) is 25.3 Å². The lowest BCUT2D eigenvalue weighted by molar-refractivity contribution is -0.137. The molecule has 0 aliphatic carbocycles. The molecule has 1 saturated heterocycles. The first kappa shape index (κ1) is 15.5. The molecule has 21 heavy (non-hydrogen) atoms. The van der Waals surface area contributed by atoms with Gasteiger partial charge in [0.15, 0.2) is 0 Å². The van der Waals surface area contributed by atoms with Gasteiger partial charge in [-0.25, -0.2) is 4.79 Å². The SMILES string of the molecule is O=C(O)NCC1CCN(c2ccc(C(F)(F)F)cc2)CC1. The normalized spacial score (nSPS) is 16.8. The van der Waals surface area contributed by atoms with Crippen molar-refractivity contribution in [1.82, 2.24) is 5.32 Å². The summed E-state index contributed by atoms with van der Waals surface area (Å²) in [6.45, 7) is 1.87. The highest BCUT2D eigenvalue weighted by Crippen LogP contribution is 2.31. The molecule has 1 aromatic rings. The molecule has 1 aliphatic heterocycles. The van der Waals surface area contributed by atoms with Crippen molar-refractivity contribution >= 4 is 11.8 Å². The molecule has 0 atom stereocenters. The molecule has 0 unspecified atom stereocenters. The van der Waals surface area contributed by atoms with Crippen LogP contribution in [0.1, 0.15) is 18.4 Å². The van der Waals surface area contributed by atoms with E-state index in [0.29, 0.717) is 6.54 Å². The van der Waals surface area contributed by atoms with Gasteiger partial charge in [-0.15, -0.1) is 0 Å². The van der Waals surface area contributed by atoms with Crippen LogP contribution in [0.2, 0.25) is 0 Å². The molecule has 2 rings (SSSR count). The summed E-state index contributed by atoms with van der Waals surface area (Å²) >= 11 is 0. The van der Waals surface area contributed by atoms with Crippen molar-refractivity contribution < 1.29 is 23.1 Å². The molecular weight excluding hydrogens is 285 g/mol. The monoisotopic (exact) mass is 302 g/mol. The van der Waals surface area contributed by atoms with Gasteiger partial charge in [-0.1, -0.05) is 0 Å². The minimum Gasteiger partial charge on any atom is -0.465 e. The van der Waals surface area contributed by atoms with Gasteiger partial charge in [0.05, 0.1) is 5.56 Å². The number of piperidine rings is 1. The van der Waals surface area contributed by atoms with Crippen molar-refractivity contribution in [2.75, 3.05) is 24.5 Å². The predicted molar refractivity (Wildman–Crippen MR) is 72.4 cm³/mol. The molecule has 2 N–H and O–H groups in total. The molecule has 0 bridgehead atoms. The number of nitrogens with zero attached hydrogens (tertiary/aromatic N) is 1. The van der Waals surface area contributed by atoms with Crippen molar-refractivity contribution in [3.8, 4) is 0 Å². The van der Waals surface area contributed by atoms with Gasteiger partial charge < -0.3 is 15.3 Å². The molecule has 0 spiro atoms. The Bertz CT molecular complexity index is 480. The smallest absolute Gasteiger partial charge is 0.416 e. The Morgan fingerprint density at radius 2 is 1.81 bits per heavy atom. The van der Waals surface area contributed by atoms with Gasteiger partial charge in [-0.3, -0.25) is 0 Å². The van der Waals surface area contributed by atoms with Gasteiger partial charge in [0.1, 0.15) is 0 Å². The molecule has 0 radical (unpaired) electrons. The Morgan fingerprint density at radius 1 is 1.24 bits per heavy atom. The second-order valence-electron chi connectivity index (χ2n) is 5.16. The van der Waals surface area contributed by atoms with E-state index in [1.165, 1.54) is 12.1 Å². The Morgan fingerprint density at radius 3 is 2.29 bits per heavy atom. The lowest BCUT2D eigenvalue weighted by Gasteiger charge is -2.33. The summed E-state index contributed by atoms with van der Waals surface area (Å²) in [4.78, 5) is 12.5. The lowest BCUT2D eigenvalue weighted by Crippen LogP contribution is -2.38. The fraction of sp³-hybridized carbons (Fsp3) is 0.500. The van der Waals surface area contributed by atoms with Gasteiger partial charge >= 0.3 is 12.3 Å². The quantitative estimate of drug-likeness (QED) is 0.901. The van der Waals surface area contributed by atoms with E-state index in [1.54, 1.807) is 0 Å². The summed E-state index contributed by atoms with van der Waals surface area (Å²) in [7, 11) is 0. The van der Waals surface area contributed by atoms with E-state index >= 15 is 0 Å². The minimum absolute atomic E-state index is 0.284. The summed E-state index contributed by atoms with van der Waals surface area (Å²) in [5.74, 6) is 0.284. The van der Waals surface area contributed by atoms with Crippen molar-refractivity contribution in [2.45, 2.75) is 19.0 Å². The number of hydrogen-bond acceptors (Lipinski definition) is 2. The van der Waals surface area contributed by atoms with Crippen LogP contribution >= 0.6 is 0 Å². The average molecular weight is 302 g/mol. The number of anilines is 1. The largest absolute Gasteiger partial charge is 0.465 e. The van der Waals surface area contributed by atoms with Gasteiger partial charge in [0.25, 0.3) is 0 Å². The zero-order valence-corrected chi connectivity index (χ0v) is 11.4. The van der Waals surface area contributed by atoms with Gasteiger partial charge in [-0.2, -0.15) is 13.2 Å². The number of carbonyl (C=O) groups is 1. The van der Waals surface area contributed by atoms with E-state index in [9.17, 15) is 18.0 Å². The van der Waals surface area contributed by atoms with E-state index in [0.717, 1.165) is 43.8 Å². The van der Waals surface area contributed by atoms with Crippen LogP contribution < -0.4 is 10.2 Å². The fourth-order valence-corrected chi connectivity index (χ4v) is 2.49. The van der Waals surface area contributed by atoms with E-state index in [4.69, 9.17) is 5.11 Å². The van der Waals surface area contributed by atoms with E-state index in [2.05, 4.69) is 5.32 Å². The summed E-state index contributed by atoms with van der Waals surface area (Å²) in [6, 6.07) is 5.15. The maximum atomic E-state index is 12.5. The molecule has 7 heteroatoms. The van der Waals surface area contributed by atoms with E-state index in [1.807, 2.05) is 4.90 Å². The number of amides is 1. The van der Waals surface area contributed by atoms with Crippen molar-refractivity contribution in [2.24, 2.45) is 5.92 Å². The van der Waals surface area contributed by atoms with Crippen LogP contribution in [0, 0.1) is 5.92 Å². The van der Waals surface area contributed by atoms with Crippen LogP contribution in [0.3, 0.4) is 0 Å². The van der Waals surface area contributed by atoms with Crippen molar-refractivity contribution in [3.63, 3.8) is 0 Å². The van der Waals surface area contributed by atoms with Crippen LogP contribution in [0.5, 0.6) is 0 Å². The van der Waals surface area contributed by atoms with Gasteiger partial charge in [-0.05, 0) is 43.0 Å². The average Bonchev–Trinajstić information content (AvgIpc) is 2.45. The van der Waals surface area contributed by atoms with Crippen LogP contribution in [0.4, 0.5) is 23.7 Å². The maximum absolute atomic E-state index is 12.5. The van der Waals surface area contributed by atoms with Crippen LogP contribution in [-0.4, -0.2) is 30.8 Å². The predicted octanol–water partition coefficient (Wildman–Crippen LogP) is 3.19. The molecule has 1 aliphatic rings. The molecule has 1 amide bonds. The molecule has 4 nitrogen and oxygen atoms in total. The van der Waals surface area contributed by atoms with Crippen molar-refractivity contribution in [1.29, 1.82) is 0 Å². The molecule has 116 valence electrons. The molecule has 1 aromatic carbocycles. The second kappa shape index (κ2) is 6.24. The van der Waals surface area contributed by atoms with Crippen LogP contribution in [-0.2, 0) is 6.18 Å². The summed E-state index contributed by atoms with van der Waals surface area (Å²) in [6.07, 6.45) is -3.70. The number of rotatable bonds is 3. The zero-order valence-electron chi connectivity index (χ0n) is 11.4. The minimum atomic E-state index is -4.31. The second-order valence-corrected chi connectivity index (χ2v) is 5.16. The molecule has 1 heterocycles. The first-order valence-electron chi connectivity index (χ1n) is 6.75. The number of alkyl halides is 3. The number of benzene rings is 1. The Labute approximate surface area is 120 Å². The zero-order chi connectivity index (χ0) is 15.5. The molecular formula is C14H17F3N2O2.